The van der Waals surface area contributed by atoms with Gasteiger partial charge < -0.3 is 20.5 Å². The van der Waals surface area contributed by atoms with Crippen LogP contribution in [0.3, 0.4) is 0 Å². The Morgan fingerprint density at radius 2 is 2.32 bits per heavy atom. The van der Waals surface area contributed by atoms with E-state index < -0.39 is 11.9 Å². The first-order valence-electron chi connectivity index (χ1n) is 5.90. The fourth-order valence-corrected chi connectivity index (χ4v) is 2.03. The van der Waals surface area contributed by atoms with Crippen LogP contribution < -0.4 is 10.6 Å². The number of carbonyl (C=O) groups excluding carboxylic acids is 1. The zero-order chi connectivity index (χ0) is 13.8. The molecule has 1 aliphatic heterocycles. The summed E-state index contributed by atoms with van der Waals surface area (Å²) in [5.74, 6) is -0.795. The van der Waals surface area contributed by atoms with Crippen molar-refractivity contribution in [1.29, 1.82) is 0 Å². The number of carboxylic acid groups (broad SMARTS) is 1. The highest BCUT2D eigenvalue weighted by Crippen LogP contribution is 2.19. The second-order valence-corrected chi connectivity index (χ2v) is 4.29. The molecule has 0 spiro atoms. The number of nitrogens with zero attached hydrogens (tertiary/aromatic N) is 2. The average molecular weight is 265 g/mol. The highest BCUT2D eigenvalue weighted by Gasteiger charge is 2.26. The molecular weight excluding hydrogens is 250 g/mol. The summed E-state index contributed by atoms with van der Waals surface area (Å²) in [6.45, 7) is 1.45. The van der Waals surface area contributed by atoms with Gasteiger partial charge in [-0.2, -0.15) is 0 Å². The average Bonchev–Trinajstić information content (AvgIpc) is 2.39. The maximum absolute atomic E-state index is 11.0. The molecule has 2 rings (SSSR count). The summed E-state index contributed by atoms with van der Waals surface area (Å²) in [7, 11) is 0. The monoisotopic (exact) mass is 265 g/mol. The first kappa shape index (κ1) is 13.3. The third-order valence-corrected chi connectivity index (χ3v) is 2.96. The minimum atomic E-state index is -0.880. The lowest BCUT2D eigenvalue weighted by Crippen LogP contribution is -2.47. The van der Waals surface area contributed by atoms with Gasteiger partial charge in [-0.1, -0.05) is 0 Å². The lowest BCUT2D eigenvalue weighted by atomic mass is 10.1. The van der Waals surface area contributed by atoms with Gasteiger partial charge >= 0.3 is 5.97 Å². The Labute approximate surface area is 110 Å². The molecule has 1 aromatic rings. The van der Waals surface area contributed by atoms with Crippen molar-refractivity contribution < 1.29 is 19.4 Å². The first-order chi connectivity index (χ1) is 9.08. The Morgan fingerprint density at radius 3 is 2.89 bits per heavy atom. The van der Waals surface area contributed by atoms with Crippen molar-refractivity contribution in [2.45, 2.75) is 12.5 Å². The molecule has 0 saturated carbocycles. The number of ether oxygens (including phenoxy) is 1. The molecule has 1 atom stereocenters. The van der Waals surface area contributed by atoms with Gasteiger partial charge in [0.25, 0.3) is 0 Å². The number of carbonyl (C=O) groups is 2. The lowest BCUT2D eigenvalue weighted by molar-refractivity contribution is -0.138. The predicted molar refractivity (Wildman–Crippen MR) is 67.0 cm³/mol. The van der Waals surface area contributed by atoms with Crippen LogP contribution in [0.1, 0.15) is 16.8 Å². The molecule has 1 saturated heterocycles. The van der Waals surface area contributed by atoms with Crippen molar-refractivity contribution in [2.75, 3.05) is 24.7 Å². The van der Waals surface area contributed by atoms with Gasteiger partial charge in [0.05, 0.1) is 31.2 Å². The van der Waals surface area contributed by atoms with Crippen LogP contribution in [0.4, 0.5) is 5.82 Å². The number of primary amides is 1. The predicted octanol–water partition coefficient (Wildman–Crippen LogP) is -0.140. The fourth-order valence-electron chi connectivity index (χ4n) is 2.03. The minimum absolute atomic E-state index is 0.0146. The minimum Gasteiger partial charge on any atom is -0.481 e. The molecule has 1 amide bonds. The number of aromatic nitrogens is 1. The Morgan fingerprint density at radius 1 is 1.53 bits per heavy atom. The highest BCUT2D eigenvalue weighted by molar-refractivity contribution is 5.92. The molecule has 1 aromatic heterocycles. The largest absolute Gasteiger partial charge is 0.481 e. The number of amides is 1. The van der Waals surface area contributed by atoms with Crippen LogP contribution in [0, 0.1) is 0 Å². The first-order valence-corrected chi connectivity index (χ1v) is 5.90. The number of morpholine rings is 1. The SMILES string of the molecule is NC(=O)c1ccc(N2CCOCC2CC(=O)O)nc1. The molecule has 7 heteroatoms. The van der Waals surface area contributed by atoms with E-state index in [-0.39, 0.29) is 12.5 Å². The third-order valence-electron chi connectivity index (χ3n) is 2.96. The number of nitrogens with two attached hydrogens (primary N) is 1. The number of hydrogen-bond acceptors (Lipinski definition) is 5. The van der Waals surface area contributed by atoms with Crippen LogP contribution in [0.2, 0.25) is 0 Å². The second kappa shape index (κ2) is 5.66. The van der Waals surface area contributed by atoms with Crippen molar-refractivity contribution in [3.63, 3.8) is 0 Å². The molecule has 0 bridgehead atoms. The van der Waals surface area contributed by atoms with Gasteiger partial charge in [0.2, 0.25) is 5.91 Å². The summed E-state index contributed by atoms with van der Waals surface area (Å²) < 4.78 is 5.29. The van der Waals surface area contributed by atoms with E-state index in [1.165, 1.54) is 6.20 Å². The van der Waals surface area contributed by atoms with Crippen molar-refractivity contribution >= 4 is 17.7 Å². The number of carboxylic acids is 1. The van der Waals surface area contributed by atoms with Gasteiger partial charge in [0, 0.05) is 12.7 Å². The van der Waals surface area contributed by atoms with Crippen molar-refractivity contribution in [2.24, 2.45) is 5.73 Å². The van der Waals surface area contributed by atoms with Gasteiger partial charge in [0.15, 0.2) is 0 Å². The standard InChI is InChI=1S/C12H15N3O4/c13-12(18)8-1-2-10(14-6-8)15-3-4-19-7-9(15)5-11(16)17/h1-2,6,9H,3-5,7H2,(H2,13,18)(H,16,17). The van der Waals surface area contributed by atoms with E-state index in [9.17, 15) is 9.59 Å². The molecule has 1 aliphatic rings. The molecule has 102 valence electrons. The zero-order valence-electron chi connectivity index (χ0n) is 10.3. The van der Waals surface area contributed by atoms with E-state index in [2.05, 4.69) is 4.98 Å². The third kappa shape index (κ3) is 3.19. The van der Waals surface area contributed by atoms with Gasteiger partial charge in [-0.25, -0.2) is 4.98 Å². The molecule has 3 N–H and O–H groups in total. The van der Waals surface area contributed by atoms with Crippen LogP contribution in [-0.2, 0) is 9.53 Å². The van der Waals surface area contributed by atoms with Crippen LogP contribution >= 0.6 is 0 Å². The Hall–Kier alpha value is -2.15. The molecule has 1 fully saturated rings. The number of anilines is 1. The van der Waals surface area contributed by atoms with Gasteiger partial charge in [-0.3, -0.25) is 9.59 Å². The van der Waals surface area contributed by atoms with Crippen molar-refractivity contribution in [1.82, 2.24) is 4.98 Å². The molecule has 0 aliphatic carbocycles. The number of rotatable bonds is 4. The summed E-state index contributed by atoms with van der Waals surface area (Å²) in [4.78, 5) is 27.8. The smallest absolute Gasteiger partial charge is 0.305 e. The van der Waals surface area contributed by atoms with Crippen molar-refractivity contribution in [3.05, 3.63) is 23.9 Å². The van der Waals surface area contributed by atoms with Crippen LogP contribution in [-0.4, -0.2) is 47.8 Å². The van der Waals surface area contributed by atoms with Gasteiger partial charge in [-0.15, -0.1) is 0 Å². The van der Waals surface area contributed by atoms with Crippen LogP contribution in [0.5, 0.6) is 0 Å². The van der Waals surface area contributed by atoms with Gasteiger partial charge in [0.1, 0.15) is 5.82 Å². The zero-order valence-corrected chi connectivity index (χ0v) is 10.3. The van der Waals surface area contributed by atoms with Crippen LogP contribution in [0.25, 0.3) is 0 Å². The topological polar surface area (TPSA) is 106 Å². The molecule has 0 aromatic carbocycles. The number of aliphatic carboxylic acids is 1. The fraction of sp³-hybridized carbons (Fsp3) is 0.417. The van der Waals surface area contributed by atoms with Gasteiger partial charge in [-0.05, 0) is 12.1 Å². The number of pyridine rings is 1. The highest BCUT2D eigenvalue weighted by atomic mass is 16.5. The van der Waals surface area contributed by atoms with E-state index >= 15 is 0 Å². The lowest BCUT2D eigenvalue weighted by Gasteiger charge is -2.35. The van der Waals surface area contributed by atoms with Crippen molar-refractivity contribution in [3.8, 4) is 0 Å². The molecule has 0 radical (unpaired) electrons. The summed E-state index contributed by atoms with van der Waals surface area (Å²) >= 11 is 0. The summed E-state index contributed by atoms with van der Waals surface area (Å²) in [6, 6.07) is 3.00. The molecule has 2 heterocycles. The quantitative estimate of drug-likeness (QED) is 0.785. The molecular formula is C12H15N3O4. The van der Waals surface area contributed by atoms with E-state index in [4.69, 9.17) is 15.6 Å². The summed E-state index contributed by atoms with van der Waals surface area (Å²) in [5.41, 5.74) is 5.47. The Balaban J connectivity index is 2.17. The molecule has 7 nitrogen and oxygen atoms in total. The summed E-state index contributed by atoms with van der Waals surface area (Å²) in [5, 5.41) is 8.88. The Kier molecular flexibility index (Phi) is 3.96. The van der Waals surface area contributed by atoms with E-state index in [1.807, 2.05) is 4.90 Å². The number of hydrogen-bond donors (Lipinski definition) is 2. The van der Waals surface area contributed by atoms with E-state index in [0.29, 0.717) is 31.1 Å². The van der Waals surface area contributed by atoms with E-state index in [0.717, 1.165) is 0 Å². The molecule has 1 unspecified atom stereocenters. The summed E-state index contributed by atoms with van der Waals surface area (Å²) in [6.07, 6.45) is 1.38. The van der Waals surface area contributed by atoms with Crippen LogP contribution in [0.15, 0.2) is 18.3 Å². The molecule has 19 heavy (non-hydrogen) atoms. The van der Waals surface area contributed by atoms with E-state index in [1.54, 1.807) is 12.1 Å². The Bertz CT molecular complexity index is 474. The second-order valence-electron chi connectivity index (χ2n) is 4.29. The maximum atomic E-state index is 11.0. The maximum Gasteiger partial charge on any atom is 0.305 e. The normalized spacial score (nSPS) is 19.2.